The van der Waals surface area contributed by atoms with Crippen LogP contribution in [-0.2, 0) is 21.4 Å². The van der Waals surface area contributed by atoms with Gasteiger partial charge in [0.2, 0.25) is 5.78 Å². The van der Waals surface area contributed by atoms with Crippen molar-refractivity contribution in [3.8, 4) is 11.5 Å². The number of hydrogen-bond donors (Lipinski definition) is 1. The number of phenols is 1. The summed E-state index contributed by atoms with van der Waals surface area (Å²) in [4.78, 5) is 14.6. The Bertz CT molecular complexity index is 795. The monoisotopic (exact) mass is 327 g/mol. The molecule has 0 unspecified atom stereocenters. The Hall–Kier alpha value is -2.27. The predicted octanol–water partition coefficient (Wildman–Crippen LogP) is 1.94. The fourth-order valence-electron chi connectivity index (χ4n) is 4.50. The number of phenolic OH excluding ortho intramolecular Hbond substituents is 1. The number of fused-ring (bicyclic) bond motifs is 1. The highest BCUT2D eigenvalue weighted by atomic mass is 16.5. The van der Waals surface area contributed by atoms with E-state index in [2.05, 4.69) is 11.9 Å². The van der Waals surface area contributed by atoms with Gasteiger partial charge in [-0.25, -0.2) is 0 Å². The van der Waals surface area contributed by atoms with Gasteiger partial charge in [-0.15, -0.1) is 0 Å². The molecular weight excluding hydrogens is 306 g/mol. The van der Waals surface area contributed by atoms with E-state index in [9.17, 15) is 9.90 Å². The van der Waals surface area contributed by atoms with Crippen LogP contribution < -0.4 is 4.74 Å². The Morgan fingerprint density at radius 2 is 2.08 bits per heavy atom. The van der Waals surface area contributed by atoms with Crippen molar-refractivity contribution in [2.75, 3.05) is 27.8 Å². The second kappa shape index (κ2) is 5.11. The lowest BCUT2D eigenvalue weighted by Crippen LogP contribution is -2.54. The highest BCUT2D eigenvalue weighted by molar-refractivity contribution is 6.05. The second-order valence-electron chi connectivity index (χ2n) is 6.75. The van der Waals surface area contributed by atoms with Gasteiger partial charge in [0.25, 0.3) is 0 Å². The summed E-state index contributed by atoms with van der Waals surface area (Å²) in [6.07, 6.45) is 5.18. The third kappa shape index (κ3) is 1.82. The average Bonchev–Trinajstić information content (AvgIpc) is 2.58. The van der Waals surface area contributed by atoms with Gasteiger partial charge in [0.05, 0.1) is 14.2 Å². The summed E-state index contributed by atoms with van der Waals surface area (Å²) in [6, 6.07) is 4.00. The minimum atomic E-state index is -0.497. The van der Waals surface area contributed by atoms with Gasteiger partial charge < -0.3 is 14.6 Å². The van der Waals surface area contributed by atoms with Gasteiger partial charge >= 0.3 is 0 Å². The van der Waals surface area contributed by atoms with Crippen molar-refractivity contribution in [1.29, 1.82) is 0 Å². The molecule has 0 amide bonds. The summed E-state index contributed by atoms with van der Waals surface area (Å²) < 4.78 is 10.6. The summed E-state index contributed by atoms with van der Waals surface area (Å²) in [5, 5.41) is 10.9. The van der Waals surface area contributed by atoms with E-state index in [1.807, 2.05) is 18.2 Å². The fraction of sp³-hybridized carbons (Fsp3) is 0.421. The van der Waals surface area contributed by atoms with Crippen molar-refractivity contribution in [3.63, 3.8) is 0 Å². The molecule has 126 valence electrons. The van der Waals surface area contributed by atoms with Crippen molar-refractivity contribution in [1.82, 2.24) is 4.90 Å². The maximum absolute atomic E-state index is 12.4. The molecule has 5 nitrogen and oxygen atoms in total. The topological polar surface area (TPSA) is 59.0 Å². The Labute approximate surface area is 141 Å². The molecule has 2 bridgehead atoms. The molecule has 3 aliphatic rings. The molecule has 1 aliphatic heterocycles. The zero-order valence-corrected chi connectivity index (χ0v) is 14.1. The van der Waals surface area contributed by atoms with Crippen LogP contribution in [0.1, 0.15) is 17.5 Å². The number of likely N-dealkylation sites (N-methyl/N-ethyl adjacent to an activating group) is 1. The molecule has 1 aromatic carbocycles. The number of nitrogens with zero attached hydrogens (tertiary/aromatic N) is 1. The number of aromatic hydroxyl groups is 1. The standard InChI is InChI=1S/C19H21NO4/c1-20-7-6-19-10-16(24-3)14(21)9-12(19)13(20)8-11-4-5-15(23-2)18(22)17(11)19/h4-5,9-10,13,22H,6-8H2,1-3H3/t13-,19-/m0/s1. The predicted molar refractivity (Wildman–Crippen MR) is 89.3 cm³/mol. The lowest BCUT2D eigenvalue weighted by molar-refractivity contribution is -0.114. The highest BCUT2D eigenvalue weighted by Gasteiger charge is 2.52. The molecule has 1 saturated heterocycles. The number of carbonyl (C=O) groups is 1. The molecular formula is C19H21NO4. The van der Waals surface area contributed by atoms with Crippen LogP contribution in [0, 0.1) is 0 Å². The molecule has 24 heavy (non-hydrogen) atoms. The molecule has 0 saturated carbocycles. The first-order valence-corrected chi connectivity index (χ1v) is 8.14. The molecule has 1 aromatic rings. The number of rotatable bonds is 2. The lowest BCUT2D eigenvalue weighted by Gasteiger charge is -2.52. The summed E-state index contributed by atoms with van der Waals surface area (Å²) >= 11 is 0. The minimum Gasteiger partial charge on any atom is -0.504 e. The van der Waals surface area contributed by atoms with Crippen molar-refractivity contribution in [2.24, 2.45) is 0 Å². The van der Waals surface area contributed by atoms with Crippen LogP contribution in [0.2, 0.25) is 0 Å². The number of piperidine rings is 1. The number of likely N-dealkylation sites (tertiary alicyclic amines) is 1. The maximum atomic E-state index is 12.4. The van der Waals surface area contributed by atoms with Gasteiger partial charge in [-0.2, -0.15) is 0 Å². The SMILES string of the molecule is COC1=C[C@]23CCN(C)[C@@H](Cc4ccc(OC)c(O)c42)C3=CC1=O. The summed E-state index contributed by atoms with van der Waals surface area (Å²) in [6.45, 7) is 0.889. The molecule has 2 aliphatic carbocycles. The average molecular weight is 327 g/mol. The van der Waals surface area contributed by atoms with Gasteiger partial charge in [0.1, 0.15) is 0 Å². The summed E-state index contributed by atoms with van der Waals surface area (Å²) in [5.74, 6) is 0.875. The number of hydrogen-bond acceptors (Lipinski definition) is 5. The van der Waals surface area contributed by atoms with E-state index in [-0.39, 0.29) is 17.6 Å². The molecule has 4 rings (SSSR count). The molecule has 1 heterocycles. The Morgan fingerprint density at radius 3 is 2.79 bits per heavy atom. The van der Waals surface area contributed by atoms with Crippen LogP contribution in [-0.4, -0.2) is 49.6 Å². The van der Waals surface area contributed by atoms with Gasteiger partial charge in [-0.3, -0.25) is 9.69 Å². The fourth-order valence-corrected chi connectivity index (χ4v) is 4.50. The first-order chi connectivity index (χ1) is 11.5. The van der Waals surface area contributed by atoms with Crippen molar-refractivity contribution >= 4 is 5.78 Å². The second-order valence-corrected chi connectivity index (χ2v) is 6.75. The quantitative estimate of drug-likeness (QED) is 0.899. The molecule has 0 radical (unpaired) electrons. The molecule has 1 fully saturated rings. The molecule has 0 aromatic heterocycles. The Morgan fingerprint density at radius 1 is 1.29 bits per heavy atom. The van der Waals surface area contributed by atoms with E-state index >= 15 is 0 Å². The Balaban J connectivity index is 2.03. The third-order valence-electron chi connectivity index (χ3n) is 5.70. The van der Waals surface area contributed by atoms with Gasteiger partial charge in [-0.05, 0) is 55.8 Å². The molecule has 2 atom stereocenters. The van der Waals surface area contributed by atoms with Crippen LogP contribution in [0.5, 0.6) is 11.5 Å². The number of ketones is 1. The van der Waals surface area contributed by atoms with Crippen LogP contribution in [0.25, 0.3) is 0 Å². The third-order valence-corrected chi connectivity index (χ3v) is 5.70. The molecule has 0 spiro atoms. The van der Waals surface area contributed by atoms with Gasteiger partial charge in [0, 0.05) is 17.0 Å². The number of benzene rings is 1. The van der Waals surface area contributed by atoms with Gasteiger partial charge in [0.15, 0.2) is 17.3 Å². The van der Waals surface area contributed by atoms with Crippen LogP contribution in [0.3, 0.4) is 0 Å². The smallest absolute Gasteiger partial charge is 0.220 e. The van der Waals surface area contributed by atoms with E-state index < -0.39 is 5.41 Å². The number of methoxy groups -OCH3 is 2. The summed E-state index contributed by atoms with van der Waals surface area (Å²) in [5.41, 5.74) is 2.52. The van der Waals surface area contributed by atoms with Crippen molar-refractivity contribution in [2.45, 2.75) is 24.3 Å². The van der Waals surface area contributed by atoms with Gasteiger partial charge in [-0.1, -0.05) is 6.07 Å². The summed E-state index contributed by atoms with van der Waals surface area (Å²) in [7, 11) is 5.15. The number of carbonyl (C=O) groups excluding carboxylic acids is 1. The molecule has 1 N–H and O–H groups in total. The van der Waals surface area contributed by atoms with Crippen LogP contribution in [0.15, 0.2) is 35.6 Å². The first-order valence-electron chi connectivity index (χ1n) is 8.14. The van der Waals surface area contributed by atoms with E-state index in [1.165, 1.54) is 7.11 Å². The largest absolute Gasteiger partial charge is 0.504 e. The zero-order valence-electron chi connectivity index (χ0n) is 14.1. The lowest BCUT2D eigenvalue weighted by atomic mass is 9.58. The Kier molecular flexibility index (Phi) is 3.25. The first kappa shape index (κ1) is 15.3. The van der Waals surface area contributed by atoms with E-state index in [1.54, 1.807) is 13.2 Å². The van der Waals surface area contributed by atoms with Crippen LogP contribution >= 0.6 is 0 Å². The van der Waals surface area contributed by atoms with E-state index in [0.29, 0.717) is 11.5 Å². The van der Waals surface area contributed by atoms with Crippen LogP contribution in [0.4, 0.5) is 0 Å². The zero-order chi connectivity index (χ0) is 17.1. The van der Waals surface area contributed by atoms with Crippen molar-refractivity contribution < 1.29 is 19.4 Å². The number of allylic oxidation sites excluding steroid dienone is 2. The minimum absolute atomic E-state index is 0.103. The van der Waals surface area contributed by atoms with E-state index in [4.69, 9.17) is 9.47 Å². The molecule has 5 heteroatoms. The highest BCUT2D eigenvalue weighted by Crippen LogP contribution is 2.55. The van der Waals surface area contributed by atoms with Crippen molar-refractivity contribution in [3.05, 3.63) is 46.7 Å². The normalized spacial score (nSPS) is 28.5. The van der Waals surface area contributed by atoms with E-state index in [0.717, 1.165) is 36.1 Å². The number of ether oxygens (including phenoxy) is 2. The maximum Gasteiger partial charge on any atom is 0.220 e.